The molecule has 3 rings (SSSR count). The van der Waals surface area contributed by atoms with Crippen molar-refractivity contribution in [1.82, 2.24) is 0 Å². The Morgan fingerprint density at radius 3 is 2.13 bits per heavy atom. The molecule has 0 fully saturated rings. The van der Waals surface area contributed by atoms with Crippen LogP contribution in [0.2, 0.25) is 5.02 Å². The Kier molecular flexibility index (Phi) is 8.08. The largest absolute Gasteiger partial charge is 0.493 e. The van der Waals surface area contributed by atoms with Gasteiger partial charge in [0.05, 0.1) is 25.7 Å². The van der Waals surface area contributed by atoms with Crippen molar-refractivity contribution in [3.05, 3.63) is 52.8 Å². The fourth-order valence-corrected chi connectivity index (χ4v) is 2.89. The van der Waals surface area contributed by atoms with Crippen molar-refractivity contribution >= 4 is 22.6 Å². The number of hydrogen-bond donors (Lipinski definition) is 1. The fourth-order valence-electron chi connectivity index (χ4n) is 2.72. The van der Waals surface area contributed by atoms with E-state index in [1.165, 1.54) is 0 Å². The maximum absolute atomic E-state index is 8.49. The molecule has 0 bridgehead atoms. The number of hydrogen-bond acceptors (Lipinski definition) is 7. The monoisotopic (exact) mass is 457 g/mol. The van der Waals surface area contributed by atoms with Gasteiger partial charge in [0.25, 0.3) is 0 Å². The first-order chi connectivity index (χ1) is 14.0. The molecule has 30 heavy (non-hydrogen) atoms. The van der Waals surface area contributed by atoms with Crippen LogP contribution in [0.1, 0.15) is 13.8 Å². The van der Waals surface area contributed by atoms with Crippen molar-refractivity contribution in [3.8, 4) is 22.8 Å². The second-order valence-corrected chi connectivity index (χ2v) is 7.60. The van der Waals surface area contributed by atoms with Crippen molar-refractivity contribution in [3.63, 3.8) is 0 Å². The lowest BCUT2D eigenvalue weighted by atomic mass is 10.1. The van der Waals surface area contributed by atoms with E-state index >= 15 is 0 Å². The van der Waals surface area contributed by atoms with Crippen LogP contribution in [0.4, 0.5) is 0 Å². The smallest absolute Gasteiger partial charge is 0.213 e. The summed E-state index contributed by atoms with van der Waals surface area (Å²) >= 11 is 6.16. The first kappa shape index (κ1) is 23.9. The van der Waals surface area contributed by atoms with Crippen LogP contribution in [0.15, 0.2) is 46.9 Å². The first-order valence-electron chi connectivity index (χ1n) is 8.69. The molecule has 1 aromatic heterocycles. The molecule has 2 aromatic carbocycles. The summed E-state index contributed by atoms with van der Waals surface area (Å²) in [5, 5.41) is 2.60. The Morgan fingerprint density at radius 1 is 0.933 bits per heavy atom. The standard InChI is InChI=1S/C20H20ClNO3.ClHO4/c1-12(2)22-16-11-19(25-17-8-6-14(21)10-15(16)17)13-5-7-18(23-3)20(9-13)24-4;2-1(3,4)5/h5-12H,1-4H3;(H,2,3,4,5). The van der Waals surface area contributed by atoms with E-state index in [1.807, 2.05) is 42.5 Å². The predicted octanol–water partition coefficient (Wildman–Crippen LogP) is -1.60. The number of ether oxygens (including phenoxy) is 2. The van der Waals surface area contributed by atoms with Gasteiger partial charge in [0.2, 0.25) is 5.36 Å². The van der Waals surface area contributed by atoms with Crippen molar-refractivity contribution in [2.45, 2.75) is 19.9 Å². The molecular formula is C20H21Cl2NO7. The number of nitrogens with one attached hydrogen (secondary N) is 1. The van der Waals surface area contributed by atoms with Crippen LogP contribution in [-0.4, -0.2) is 20.3 Å². The van der Waals surface area contributed by atoms with Gasteiger partial charge in [0.15, 0.2) is 11.5 Å². The fraction of sp³-hybridized carbons (Fsp3) is 0.250. The summed E-state index contributed by atoms with van der Waals surface area (Å²) in [5.74, 6) is 2.07. The summed E-state index contributed by atoms with van der Waals surface area (Å²) in [6.07, 6.45) is 0. The molecule has 0 aliphatic carbocycles. The highest BCUT2D eigenvalue weighted by Crippen LogP contribution is 2.32. The lowest BCUT2D eigenvalue weighted by Gasteiger charge is -2.17. The lowest BCUT2D eigenvalue weighted by Crippen LogP contribution is -2.81. The normalized spacial score (nSPS) is 12.0. The molecule has 0 atom stereocenters. The Labute approximate surface area is 180 Å². The molecule has 0 unspecified atom stereocenters. The average Bonchev–Trinajstić information content (AvgIpc) is 2.66. The summed E-state index contributed by atoms with van der Waals surface area (Å²) in [5.41, 5.74) is 1.67. The van der Waals surface area contributed by atoms with Crippen LogP contribution in [0, 0.1) is 10.2 Å². The zero-order valence-electron chi connectivity index (χ0n) is 16.7. The van der Waals surface area contributed by atoms with Gasteiger partial charge < -0.3 is 13.9 Å². The molecule has 0 saturated carbocycles. The van der Waals surface area contributed by atoms with Crippen molar-refractivity contribution in [1.29, 1.82) is 0 Å². The molecule has 1 heterocycles. The van der Waals surface area contributed by atoms with Crippen LogP contribution >= 0.6 is 11.6 Å². The van der Waals surface area contributed by atoms with Gasteiger partial charge in [0.1, 0.15) is 17.4 Å². The summed E-state index contributed by atoms with van der Waals surface area (Å²) in [7, 11) is -1.71. The minimum absolute atomic E-state index is 0.280. The Morgan fingerprint density at radius 2 is 1.57 bits per heavy atom. The van der Waals surface area contributed by atoms with Crippen molar-refractivity contribution in [2.24, 2.45) is 0 Å². The Hall–Kier alpha value is -2.33. The first-order valence-corrected chi connectivity index (χ1v) is 10.3. The highest BCUT2D eigenvalue weighted by atomic mass is 35.7. The van der Waals surface area contributed by atoms with Gasteiger partial charge in [-0.05, 0) is 50.2 Å². The third kappa shape index (κ3) is 6.88. The summed E-state index contributed by atoms with van der Waals surface area (Å²) in [6.45, 7) is 4.19. The van der Waals surface area contributed by atoms with E-state index in [0.717, 1.165) is 27.7 Å². The molecule has 162 valence electrons. The average molecular weight is 458 g/mol. The number of benzene rings is 2. The summed E-state index contributed by atoms with van der Waals surface area (Å²) < 4.78 is 50.8. The van der Waals surface area contributed by atoms with E-state index in [0.29, 0.717) is 16.5 Å². The minimum atomic E-state index is -4.94. The number of rotatable bonds is 4. The maximum Gasteiger partial charge on any atom is 0.213 e. The topological polar surface area (TPSA) is 138 Å². The van der Waals surface area contributed by atoms with Gasteiger partial charge in [-0.1, -0.05) is 11.6 Å². The van der Waals surface area contributed by atoms with Crippen LogP contribution in [0.25, 0.3) is 22.3 Å². The Bertz CT molecular complexity index is 1070. The molecule has 0 saturated heterocycles. The molecule has 8 nitrogen and oxygen atoms in total. The molecule has 0 radical (unpaired) electrons. The van der Waals surface area contributed by atoms with Crippen molar-refractivity contribution in [2.75, 3.05) is 14.2 Å². The van der Waals surface area contributed by atoms with E-state index in [4.69, 9.17) is 44.1 Å². The molecular weight excluding hydrogens is 437 g/mol. The molecule has 10 heteroatoms. The van der Waals surface area contributed by atoms with E-state index < -0.39 is 10.2 Å². The third-order valence-corrected chi connectivity index (χ3v) is 4.07. The minimum Gasteiger partial charge on any atom is -0.493 e. The lowest BCUT2D eigenvalue weighted by molar-refractivity contribution is -2.00. The van der Waals surface area contributed by atoms with Gasteiger partial charge in [-0.25, -0.2) is 23.6 Å². The molecule has 3 aromatic rings. The van der Waals surface area contributed by atoms with Crippen LogP contribution in [0.3, 0.4) is 0 Å². The van der Waals surface area contributed by atoms with Crippen molar-refractivity contribution < 1.29 is 47.8 Å². The van der Waals surface area contributed by atoms with Gasteiger partial charge in [0, 0.05) is 10.6 Å². The molecule has 1 N–H and O–H groups in total. The molecule has 0 spiro atoms. The van der Waals surface area contributed by atoms with E-state index in [1.54, 1.807) is 14.2 Å². The van der Waals surface area contributed by atoms with Crippen LogP contribution < -0.4 is 38.5 Å². The van der Waals surface area contributed by atoms with Crippen LogP contribution in [0.5, 0.6) is 11.5 Å². The quantitative estimate of drug-likeness (QED) is 0.497. The maximum atomic E-state index is 8.49. The van der Waals surface area contributed by atoms with Gasteiger partial charge in [-0.2, -0.15) is 0 Å². The second-order valence-electron chi connectivity index (χ2n) is 6.41. The third-order valence-electron chi connectivity index (χ3n) is 3.84. The van der Waals surface area contributed by atoms with E-state index in [9.17, 15) is 0 Å². The van der Waals surface area contributed by atoms with E-state index in [2.05, 4.69) is 18.8 Å². The van der Waals surface area contributed by atoms with E-state index in [-0.39, 0.29) is 6.04 Å². The highest BCUT2D eigenvalue weighted by molar-refractivity contribution is 6.31. The van der Waals surface area contributed by atoms with Gasteiger partial charge in [-0.3, -0.25) is 0 Å². The number of halogens is 2. The summed E-state index contributed by atoms with van der Waals surface area (Å²) in [6, 6.07) is 13.6. The highest BCUT2D eigenvalue weighted by Gasteiger charge is 2.13. The summed E-state index contributed by atoms with van der Waals surface area (Å²) in [4.78, 5) is 3.46. The Balaban J connectivity index is 0.000000575. The predicted molar refractivity (Wildman–Crippen MR) is 99.0 cm³/mol. The molecule has 0 aliphatic heterocycles. The number of fused-ring (bicyclic) bond motifs is 1. The SMILES string of the molecule is COc1ccc(-c2cc(=[NH+]C(C)C)c3cc(Cl)ccc3o2)cc1OC.[O-][Cl+3]([O-])([O-])[O-]. The zero-order valence-corrected chi connectivity index (χ0v) is 18.2. The number of methoxy groups -OCH3 is 2. The molecule has 0 amide bonds. The second kappa shape index (κ2) is 10.1. The van der Waals surface area contributed by atoms with Crippen LogP contribution in [-0.2, 0) is 0 Å². The van der Waals surface area contributed by atoms with Gasteiger partial charge >= 0.3 is 0 Å². The van der Waals surface area contributed by atoms with Gasteiger partial charge in [-0.15, -0.1) is 10.2 Å². The zero-order chi connectivity index (χ0) is 22.5. The molecule has 0 aliphatic rings.